The number of carboxylic acid groups (broad SMARTS) is 1. The molecular weight excluding hydrogens is 424 g/mol. The molecule has 7 nitrogen and oxygen atoms in total. The summed E-state index contributed by atoms with van der Waals surface area (Å²) in [7, 11) is -3.75. The SMILES string of the molecule is CCCCOc1ccc(N)cc1.O=C(O)c1sccc1NS(=O)(=O)c1ccccc1. The first-order valence-corrected chi connectivity index (χ1v) is 11.6. The van der Waals surface area contributed by atoms with Gasteiger partial charge in [-0.3, -0.25) is 4.72 Å². The molecular formula is C21H24N2O5S2. The van der Waals surface area contributed by atoms with Gasteiger partial charge in [0.2, 0.25) is 0 Å². The standard InChI is InChI=1S/C11H9NO4S2.C10H15NO/c13-11(14)10-9(6-7-17-10)12-18(15,16)8-4-2-1-3-5-8;1-2-3-8-12-10-6-4-9(11)5-7-10/h1-7,12H,(H,13,14);4-7H,2-3,8,11H2,1H3. The highest BCUT2D eigenvalue weighted by Gasteiger charge is 2.19. The summed E-state index contributed by atoms with van der Waals surface area (Å²) in [5.41, 5.74) is 6.38. The molecule has 0 radical (unpaired) electrons. The summed E-state index contributed by atoms with van der Waals surface area (Å²) in [6, 6.07) is 16.7. The molecule has 0 amide bonds. The van der Waals surface area contributed by atoms with Crippen LogP contribution in [0.1, 0.15) is 29.4 Å². The van der Waals surface area contributed by atoms with Crippen molar-refractivity contribution >= 4 is 38.7 Å². The van der Waals surface area contributed by atoms with Crippen LogP contribution in [0.2, 0.25) is 0 Å². The van der Waals surface area contributed by atoms with Gasteiger partial charge in [0.15, 0.2) is 0 Å². The van der Waals surface area contributed by atoms with E-state index in [1.54, 1.807) is 18.2 Å². The van der Waals surface area contributed by atoms with Gasteiger partial charge in [0.05, 0.1) is 17.2 Å². The van der Waals surface area contributed by atoms with Gasteiger partial charge in [-0.2, -0.15) is 0 Å². The number of sulfonamides is 1. The molecule has 0 aliphatic rings. The van der Waals surface area contributed by atoms with Crippen molar-refractivity contribution in [3.05, 3.63) is 70.9 Å². The van der Waals surface area contributed by atoms with Gasteiger partial charge in [-0.25, -0.2) is 13.2 Å². The number of aromatic carboxylic acids is 1. The Morgan fingerprint density at radius 1 is 1.10 bits per heavy atom. The van der Waals surface area contributed by atoms with E-state index in [1.807, 2.05) is 24.3 Å². The summed E-state index contributed by atoms with van der Waals surface area (Å²) in [5, 5.41) is 10.4. The summed E-state index contributed by atoms with van der Waals surface area (Å²) in [6.07, 6.45) is 2.26. The monoisotopic (exact) mass is 448 g/mol. The molecule has 0 fully saturated rings. The second-order valence-corrected chi connectivity index (χ2v) is 8.76. The second kappa shape index (κ2) is 11.2. The van der Waals surface area contributed by atoms with Crippen molar-refractivity contribution in [1.82, 2.24) is 0 Å². The van der Waals surface area contributed by atoms with Crippen LogP contribution in [0.15, 0.2) is 70.9 Å². The highest BCUT2D eigenvalue weighted by atomic mass is 32.2. The number of thiophene rings is 1. The number of hydrogen-bond acceptors (Lipinski definition) is 6. The lowest BCUT2D eigenvalue weighted by molar-refractivity contribution is 0.0703. The van der Waals surface area contributed by atoms with E-state index in [2.05, 4.69) is 11.6 Å². The molecule has 0 aliphatic heterocycles. The van der Waals surface area contributed by atoms with Crippen LogP contribution in [0.3, 0.4) is 0 Å². The molecule has 4 N–H and O–H groups in total. The third kappa shape index (κ3) is 7.09. The highest BCUT2D eigenvalue weighted by Crippen LogP contribution is 2.25. The minimum atomic E-state index is -3.75. The number of rotatable bonds is 8. The molecule has 0 aliphatic carbocycles. The lowest BCUT2D eigenvalue weighted by Gasteiger charge is -2.07. The van der Waals surface area contributed by atoms with Crippen molar-refractivity contribution in [2.24, 2.45) is 0 Å². The lowest BCUT2D eigenvalue weighted by Crippen LogP contribution is -2.14. The van der Waals surface area contributed by atoms with Gasteiger partial charge in [-0.1, -0.05) is 31.5 Å². The zero-order valence-corrected chi connectivity index (χ0v) is 18.1. The molecule has 1 aromatic heterocycles. The van der Waals surface area contributed by atoms with Crippen LogP contribution < -0.4 is 15.2 Å². The van der Waals surface area contributed by atoms with Crippen molar-refractivity contribution in [1.29, 1.82) is 0 Å². The topological polar surface area (TPSA) is 119 Å². The van der Waals surface area contributed by atoms with Crippen LogP contribution in [-0.2, 0) is 10.0 Å². The van der Waals surface area contributed by atoms with Crippen LogP contribution in [0.25, 0.3) is 0 Å². The molecule has 3 rings (SSSR count). The van der Waals surface area contributed by atoms with Gasteiger partial charge < -0.3 is 15.6 Å². The number of hydrogen-bond donors (Lipinski definition) is 3. The lowest BCUT2D eigenvalue weighted by atomic mass is 10.3. The Morgan fingerprint density at radius 3 is 2.37 bits per heavy atom. The number of benzene rings is 2. The van der Waals surface area contributed by atoms with Gasteiger partial charge in [0.25, 0.3) is 10.0 Å². The Balaban J connectivity index is 0.000000232. The normalized spacial score (nSPS) is 10.6. The van der Waals surface area contributed by atoms with E-state index in [-0.39, 0.29) is 15.5 Å². The summed E-state index contributed by atoms with van der Waals surface area (Å²) in [5.74, 6) is -0.256. The predicted molar refractivity (Wildman–Crippen MR) is 120 cm³/mol. The summed E-state index contributed by atoms with van der Waals surface area (Å²) in [4.78, 5) is 10.9. The first-order valence-electron chi connectivity index (χ1n) is 9.20. The molecule has 3 aromatic rings. The molecule has 0 spiro atoms. The van der Waals surface area contributed by atoms with Crippen molar-refractivity contribution in [2.75, 3.05) is 17.1 Å². The minimum Gasteiger partial charge on any atom is -0.494 e. The fourth-order valence-electron chi connectivity index (χ4n) is 2.26. The summed E-state index contributed by atoms with van der Waals surface area (Å²) < 4.78 is 31.7. The van der Waals surface area contributed by atoms with Crippen molar-refractivity contribution < 1.29 is 23.1 Å². The van der Waals surface area contributed by atoms with Gasteiger partial charge in [0.1, 0.15) is 10.6 Å². The quantitative estimate of drug-likeness (QED) is 0.340. The van der Waals surface area contributed by atoms with E-state index < -0.39 is 16.0 Å². The molecule has 0 saturated heterocycles. The molecule has 2 aromatic carbocycles. The smallest absolute Gasteiger partial charge is 0.348 e. The number of ether oxygens (including phenoxy) is 1. The van der Waals surface area contributed by atoms with Crippen molar-refractivity contribution in [3.8, 4) is 5.75 Å². The number of carboxylic acids is 1. The van der Waals surface area contributed by atoms with Crippen LogP contribution in [0, 0.1) is 0 Å². The molecule has 30 heavy (non-hydrogen) atoms. The molecule has 9 heteroatoms. The minimum absolute atomic E-state index is 0.0329. The zero-order chi connectivity index (χ0) is 22.0. The van der Waals surface area contributed by atoms with E-state index >= 15 is 0 Å². The molecule has 0 bridgehead atoms. The first kappa shape index (κ1) is 23.2. The summed E-state index contributed by atoms with van der Waals surface area (Å²) in [6.45, 7) is 2.94. The Hall–Kier alpha value is -3.04. The van der Waals surface area contributed by atoms with Gasteiger partial charge in [-0.15, -0.1) is 11.3 Å². The summed E-state index contributed by atoms with van der Waals surface area (Å²) >= 11 is 0.967. The number of nitrogens with two attached hydrogens (primary N) is 1. The van der Waals surface area contributed by atoms with Crippen LogP contribution in [0.4, 0.5) is 11.4 Å². The number of anilines is 2. The number of carbonyl (C=O) groups is 1. The van der Waals surface area contributed by atoms with E-state index in [1.165, 1.54) is 23.6 Å². The molecule has 160 valence electrons. The van der Waals surface area contributed by atoms with Gasteiger partial charge >= 0.3 is 5.97 Å². The van der Waals surface area contributed by atoms with E-state index in [4.69, 9.17) is 15.6 Å². The third-order valence-electron chi connectivity index (χ3n) is 3.80. The molecule has 0 atom stereocenters. The fraction of sp³-hybridized carbons (Fsp3) is 0.190. The third-order valence-corrected chi connectivity index (χ3v) is 6.09. The maximum atomic E-state index is 12.0. The van der Waals surface area contributed by atoms with Crippen molar-refractivity contribution in [3.63, 3.8) is 0 Å². The van der Waals surface area contributed by atoms with E-state index in [9.17, 15) is 13.2 Å². The van der Waals surface area contributed by atoms with E-state index in [0.717, 1.165) is 42.2 Å². The maximum Gasteiger partial charge on any atom is 0.348 e. The van der Waals surface area contributed by atoms with Gasteiger partial charge in [-0.05, 0) is 54.3 Å². The average molecular weight is 449 g/mol. The van der Waals surface area contributed by atoms with Crippen LogP contribution >= 0.6 is 11.3 Å². The van der Waals surface area contributed by atoms with Crippen LogP contribution in [0.5, 0.6) is 5.75 Å². The number of unbranched alkanes of at least 4 members (excludes halogenated alkanes) is 1. The average Bonchev–Trinajstić information content (AvgIpc) is 3.19. The Bertz CT molecular complexity index is 1030. The maximum absolute atomic E-state index is 12.0. The predicted octanol–water partition coefficient (Wildman–Crippen LogP) is 4.69. The zero-order valence-electron chi connectivity index (χ0n) is 16.4. The Labute approximate surface area is 180 Å². The van der Waals surface area contributed by atoms with Crippen LogP contribution in [-0.4, -0.2) is 26.1 Å². The number of nitrogens with one attached hydrogen (secondary N) is 1. The molecule has 0 saturated carbocycles. The molecule has 0 unspecified atom stereocenters. The van der Waals surface area contributed by atoms with E-state index in [0.29, 0.717) is 0 Å². The first-order chi connectivity index (χ1) is 14.3. The fourth-order valence-corrected chi connectivity index (χ4v) is 4.10. The Morgan fingerprint density at radius 2 is 1.77 bits per heavy atom. The largest absolute Gasteiger partial charge is 0.494 e. The highest BCUT2D eigenvalue weighted by molar-refractivity contribution is 7.92. The molecule has 1 heterocycles. The Kier molecular flexibility index (Phi) is 8.70. The number of nitrogen functional groups attached to an aromatic ring is 1. The van der Waals surface area contributed by atoms with Crippen molar-refractivity contribution in [2.45, 2.75) is 24.7 Å². The van der Waals surface area contributed by atoms with Gasteiger partial charge in [0, 0.05) is 5.69 Å². The second-order valence-electron chi connectivity index (χ2n) is 6.16.